The van der Waals surface area contributed by atoms with Crippen LogP contribution in [0.25, 0.3) is 0 Å². The van der Waals surface area contributed by atoms with E-state index in [0.717, 1.165) is 23.2 Å². The van der Waals surface area contributed by atoms with E-state index in [0.29, 0.717) is 11.0 Å². The van der Waals surface area contributed by atoms with E-state index in [9.17, 15) is 8.42 Å². The standard InChI is InChI=1S/C13H16Br2N2O2S/c14-9-5-10(15)12(11(16)6-9)20(18,19)17-7-13(3-4-13)8-1-2-8/h5-6,8,17H,1-4,7,16H2. The lowest BCUT2D eigenvalue weighted by atomic mass is 10.0. The smallest absolute Gasteiger partial charge is 0.243 e. The molecule has 0 saturated heterocycles. The summed E-state index contributed by atoms with van der Waals surface area (Å²) in [5, 5.41) is 0. The highest BCUT2D eigenvalue weighted by atomic mass is 79.9. The zero-order valence-electron chi connectivity index (χ0n) is 10.8. The van der Waals surface area contributed by atoms with Crippen LogP contribution in [0.4, 0.5) is 5.69 Å². The average molecular weight is 424 g/mol. The number of nitrogen functional groups attached to an aromatic ring is 1. The van der Waals surface area contributed by atoms with Crippen LogP contribution in [0, 0.1) is 11.3 Å². The van der Waals surface area contributed by atoms with Crippen LogP contribution in [-0.4, -0.2) is 15.0 Å². The predicted molar refractivity (Wildman–Crippen MR) is 85.8 cm³/mol. The number of hydrogen-bond donors (Lipinski definition) is 2. The van der Waals surface area contributed by atoms with Gasteiger partial charge in [-0.1, -0.05) is 15.9 Å². The molecular formula is C13H16Br2N2O2S. The van der Waals surface area contributed by atoms with Gasteiger partial charge in [0.1, 0.15) is 4.90 Å². The minimum absolute atomic E-state index is 0.132. The van der Waals surface area contributed by atoms with Crippen LogP contribution in [0.2, 0.25) is 0 Å². The van der Waals surface area contributed by atoms with Crippen molar-refractivity contribution in [2.24, 2.45) is 11.3 Å². The fraction of sp³-hybridized carbons (Fsp3) is 0.538. The first-order valence-corrected chi connectivity index (χ1v) is 9.65. The second-order valence-corrected chi connectivity index (χ2v) is 9.24. The van der Waals surface area contributed by atoms with Gasteiger partial charge < -0.3 is 5.73 Å². The van der Waals surface area contributed by atoms with Gasteiger partial charge in [-0.05, 0) is 65.1 Å². The van der Waals surface area contributed by atoms with Crippen molar-refractivity contribution < 1.29 is 8.42 Å². The lowest BCUT2D eigenvalue weighted by Crippen LogP contribution is -2.32. The lowest BCUT2D eigenvalue weighted by Gasteiger charge is -2.17. The van der Waals surface area contributed by atoms with Gasteiger partial charge in [-0.2, -0.15) is 0 Å². The number of benzene rings is 1. The van der Waals surface area contributed by atoms with Gasteiger partial charge in [0.2, 0.25) is 10.0 Å². The van der Waals surface area contributed by atoms with Gasteiger partial charge in [-0.25, -0.2) is 13.1 Å². The monoisotopic (exact) mass is 422 g/mol. The van der Waals surface area contributed by atoms with E-state index in [1.54, 1.807) is 12.1 Å². The molecule has 2 aliphatic carbocycles. The van der Waals surface area contributed by atoms with Crippen molar-refractivity contribution in [3.05, 3.63) is 21.1 Å². The molecular weight excluding hydrogens is 408 g/mol. The number of hydrogen-bond acceptors (Lipinski definition) is 3. The van der Waals surface area contributed by atoms with Gasteiger partial charge in [0, 0.05) is 15.5 Å². The molecule has 3 N–H and O–H groups in total. The summed E-state index contributed by atoms with van der Waals surface area (Å²) in [5.41, 5.74) is 6.33. The number of halogens is 2. The van der Waals surface area contributed by atoms with Crippen molar-refractivity contribution in [2.45, 2.75) is 30.6 Å². The molecule has 0 radical (unpaired) electrons. The average Bonchev–Trinajstić information content (AvgIpc) is 3.18. The molecule has 3 rings (SSSR count). The number of nitrogens with two attached hydrogens (primary N) is 1. The molecule has 0 aliphatic heterocycles. The predicted octanol–water partition coefficient (Wildman–Crippen LogP) is 3.26. The molecule has 7 heteroatoms. The van der Waals surface area contributed by atoms with Gasteiger partial charge in [0.05, 0.1) is 5.69 Å². The van der Waals surface area contributed by atoms with E-state index in [4.69, 9.17) is 5.73 Å². The fourth-order valence-corrected chi connectivity index (χ4v) is 5.96. The minimum Gasteiger partial charge on any atom is -0.398 e. The Hall–Kier alpha value is -0.110. The van der Waals surface area contributed by atoms with Gasteiger partial charge in [-0.15, -0.1) is 0 Å². The van der Waals surface area contributed by atoms with Crippen LogP contribution in [0.3, 0.4) is 0 Å². The zero-order chi connectivity index (χ0) is 14.5. The molecule has 2 saturated carbocycles. The maximum atomic E-state index is 12.5. The molecule has 0 heterocycles. The number of rotatable bonds is 5. The maximum absolute atomic E-state index is 12.5. The van der Waals surface area contributed by atoms with Crippen LogP contribution in [-0.2, 0) is 10.0 Å². The molecule has 0 atom stereocenters. The van der Waals surface area contributed by atoms with Crippen molar-refractivity contribution in [3.8, 4) is 0 Å². The Balaban J connectivity index is 1.81. The number of nitrogens with one attached hydrogen (secondary N) is 1. The molecule has 0 bridgehead atoms. The van der Waals surface area contributed by atoms with Crippen molar-refractivity contribution in [2.75, 3.05) is 12.3 Å². The Bertz CT molecular complexity index is 629. The molecule has 0 spiro atoms. The molecule has 20 heavy (non-hydrogen) atoms. The summed E-state index contributed by atoms with van der Waals surface area (Å²) in [4.78, 5) is 0.132. The van der Waals surface area contributed by atoms with E-state index < -0.39 is 10.0 Å². The van der Waals surface area contributed by atoms with E-state index in [2.05, 4.69) is 36.6 Å². The topological polar surface area (TPSA) is 72.2 Å². The largest absolute Gasteiger partial charge is 0.398 e. The summed E-state index contributed by atoms with van der Waals surface area (Å²) in [5.74, 6) is 0.718. The number of anilines is 1. The molecule has 0 amide bonds. The van der Waals surface area contributed by atoms with E-state index in [1.807, 2.05) is 0 Å². The Morgan fingerprint density at radius 2 is 1.95 bits per heavy atom. The normalized spacial score (nSPS) is 20.9. The third kappa shape index (κ3) is 2.77. The second-order valence-electron chi connectivity index (χ2n) is 5.77. The summed E-state index contributed by atoms with van der Waals surface area (Å²) in [6, 6.07) is 3.30. The third-order valence-corrected chi connectivity index (χ3v) is 7.12. The summed E-state index contributed by atoms with van der Waals surface area (Å²) < 4.78 is 28.9. The Kier molecular flexibility index (Phi) is 3.68. The Morgan fingerprint density at radius 1 is 1.30 bits per heavy atom. The zero-order valence-corrected chi connectivity index (χ0v) is 14.8. The highest BCUT2D eigenvalue weighted by Crippen LogP contribution is 2.60. The first kappa shape index (κ1) is 14.8. The van der Waals surface area contributed by atoms with Gasteiger partial charge >= 0.3 is 0 Å². The highest BCUT2D eigenvalue weighted by Gasteiger charge is 2.53. The quantitative estimate of drug-likeness (QED) is 0.713. The molecule has 1 aromatic carbocycles. The van der Waals surface area contributed by atoms with Crippen molar-refractivity contribution in [1.29, 1.82) is 0 Å². The van der Waals surface area contributed by atoms with Crippen molar-refractivity contribution in [1.82, 2.24) is 4.72 Å². The van der Waals surface area contributed by atoms with Crippen molar-refractivity contribution in [3.63, 3.8) is 0 Å². The summed E-state index contributed by atoms with van der Waals surface area (Å²) in [7, 11) is -3.58. The fourth-order valence-electron chi connectivity index (χ4n) is 2.76. The molecule has 2 aliphatic rings. The second kappa shape index (κ2) is 4.97. The molecule has 2 fully saturated rings. The van der Waals surface area contributed by atoms with Gasteiger partial charge in [0.25, 0.3) is 0 Å². The van der Waals surface area contributed by atoms with E-state index in [1.165, 1.54) is 12.8 Å². The Morgan fingerprint density at radius 3 is 2.45 bits per heavy atom. The molecule has 0 aromatic heterocycles. The summed E-state index contributed by atoms with van der Waals surface area (Å²) in [6.45, 7) is 0.530. The van der Waals surface area contributed by atoms with Crippen molar-refractivity contribution >= 4 is 47.6 Å². The summed E-state index contributed by atoms with van der Waals surface area (Å²) >= 11 is 6.58. The SMILES string of the molecule is Nc1cc(Br)cc(Br)c1S(=O)(=O)NCC1(C2CC2)CC1. The van der Waals surface area contributed by atoms with E-state index >= 15 is 0 Å². The number of sulfonamides is 1. The van der Waals surface area contributed by atoms with Crippen LogP contribution in [0.5, 0.6) is 0 Å². The summed E-state index contributed by atoms with van der Waals surface area (Å²) in [6.07, 6.45) is 4.76. The molecule has 110 valence electrons. The van der Waals surface area contributed by atoms with Gasteiger partial charge in [-0.3, -0.25) is 0 Å². The lowest BCUT2D eigenvalue weighted by molar-refractivity contribution is 0.432. The van der Waals surface area contributed by atoms with Crippen LogP contribution in [0.15, 0.2) is 26.0 Å². The first-order chi connectivity index (χ1) is 9.34. The molecule has 1 aromatic rings. The third-order valence-electron chi connectivity index (χ3n) is 4.26. The molecule has 0 unspecified atom stereocenters. The van der Waals surface area contributed by atoms with Crippen LogP contribution < -0.4 is 10.5 Å². The highest BCUT2D eigenvalue weighted by molar-refractivity contribution is 9.11. The van der Waals surface area contributed by atoms with Crippen LogP contribution in [0.1, 0.15) is 25.7 Å². The Labute approximate surface area is 135 Å². The van der Waals surface area contributed by atoms with E-state index in [-0.39, 0.29) is 16.0 Å². The first-order valence-electron chi connectivity index (χ1n) is 6.58. The van der Waals surface area contributed by atoms with Gasteiger partial charge in [0.15, 0.2) is 0 Å². The minimum atomic E-state index is -3.58. The maximum Gasteiger partial charge on any atom is 0.243 e. The molecule has 4 nitrogen and oxygen atoms in total. The van der Waals surface area contributed by atoms with Crippen LogP contribution >= 0.6 is 31.9 Å².